The molecule has 0 amide bonds. The molecular formula is C24H30O4. The summed E-state index contributed by atoms with van der Waals surface area (Å²) >= 11 is 0. The van der Waals surface area contributed by atoms with Crippen molar-refractivity contribution in [1.29, 1.82) is 0 Å². The summed E-state index contributed by atoms with van der Waals surface area (Å²) in [5.41, 5.74) is -0.441. The second-order valence-electron chi connectivity index (χ2n) is 7.81. The van der Waals surface area contributed by atoms with Gasteiger partial charge in [-0.1, -0.05) is 60.7 Å². The fourth-order valence-corrected chi connectivity index (χ4v) is 2.86. The molecule has 0 bridgehead atoms. The molecule has 0 unspecified atom stereocenters. The molecule has 0 aliphatic heterocycles. The zero-order valence-electron chi connectivity index (χ0n) is 17.2. The number of benzene rings is 2. The maximum Gasteiger partial charge on any atom is 0.194 e. The topological polar surface area (TPSA) is 52.6 Å². The van der Waals surface area contributed by atoms with E-state index in [1.807, 2.05) is 36.4 Å². The summed E-state index contributed by atoms with van der Waals surface area (Å²) in [5.74, 6) is -0.0575. The van der Waals surface area contributed by atoms with E-state index in [1.165, 1.54) is 0 Å². The molecule has 0 aliphatic rings. The predicted molar refractivity (Wildman–Crippen MR) is 111 cm³/mol. The first-order valence-electron chi connectivity index (χ1n) is 9.72. The van der Waals surface area contributed by atoms with Crippen LogP contribution in [0.15, 0.2) is 60.7 Å². The number of hydrogen-bond donors (Lipinski definition) is 0. The van der Waals surface area contributed by atoms with E-state index in [9.17, 15) is 9.59 Å². The molecule has 28 heavy (non-hydrogen) atoms. The standard InChI is InChI=1S/C24H30O4/c1-23(2,21(25)19-13-7-5-8-14-19)27-17-11-12-18-28-24(3,4)22(26)20-15-9-6-10-16-20/h5-10,13-16H,11-12,17-18H2,1-4H3. The Kier molecular flexibility index (Phi) is 7.67. The fourth-order valence-electron chi connectivity index (χ4n) is 2.86. The molecule has 2 aromatic carbocycles. The van der Waals surface area contributed by atoms with Crippen molar-refractivity contribution in [1.82, 2.24) is 0 Å². The SMILES string of the molecule is CC(C)(OCCCCOC(C)(C)C(=O)c1ccccc1)C(=O)c1ccccc1. The summed E-state index contributed by atoms with van der Waals surface area (Å²) < 4.78 is 11.6. The number of carbonyl (C=O) groups excluding carboxylic acids is 2. The van der Waals surface area contributed by atoms with Crippen LogP contribution in [-0.2, 0) is 9.47 Å². The van der Waals surface area contributed by atoms with Crippen molar-refractivity contribution in [3.05, 3.63) is 71.8 Å². The van der Waals surface area contributed by atoms with Gasteiger partial charge < -0.3 is 9.47 Å². The van der Waals surface area contributed by atoms with Crippen LogP contribution in [0.3, 0.4) is 0 Å². The lowest BCUT2D eigenvalue weighted by Crippen LogP contribution is -2.36. The molecule has 4 nitrogen and oxygen atoms in total. The van der Waals surface area contributed by atoms with Gasteiger partial charge in [0.25, 0.3) is 0 Å². The summed E-state index contributed by atoms with van der Waals surface area (Å²) in [4.78, 5) is 25.1. The molecule has 2 rings (SSSR count). The van der Waals surface area contributed by atoms with E-state index in [0.717, 1.165) is 12.8 Å². The largest absolute Gasteiger partial charge is 0.367 e. The summed E-state index contributed by atoms with van der Waals surface area (Å²) in [6, 6.07) is 18.3. The van der Waals surface area contributed by atoms with Crippen LogP contribution in [0.1, 0.15) is 61.3 Å². The van der Waals surface area contributed by atoms with Crippen molar-refractivity contribution in [2.24, 2.45) is 0 Å². The van der Waals surface area contributed by atoms with Crippen molar-refractivity contribution in [3.63, 3.8) is 0 Å². The molecule has 0 spiro atoms. The molecule has 0 saturated heterocycles. The van der Waals surface area contributed by atoms with Crippen molar-refractivity contribution >= 4 is 11.6 Å². The van der Waals surface area contributed by atoms with Gasteiger partial charge in [-0.05, 0) is 40.5 Å². The minimum absolute atomic E-state index is 0.0288. The zero-order chi connectivity index (χ0) is 20.6. The van der Waals surface area contributed by atoms with E-state index in [2.05, 4.69) is 0 Å². The third-order valence-corrected chi connectivity index (χ3v) is 4.63. The molecule has 2 aromatic rings. The average molecular weight is 383 g/mol. The molecule has 0 atom stereocenters. The third kappa shape index (κ3) is 6.11. The van der Waals surface area contributed by atoms with Crippen LogP contribution in [0.4, 0.5) is 0 Å². The van der Waals surface area contributed by atoms with Crippen molar-refractivity contribution < 1.29 is 19.1 Å². The lowest BCUT2D eigenvalue weighted by atomic mass is 9.96. The Morgan fingerprint density at radius 3 is 1.29 bits per heavy atom. The Bertz CT molecular complexity index is 696. The minimum Gasteiger partial charge on any atom is -0.367 e. The molecule has 0 heterocycles. The molecule has 0 N–H and O–H groups in total. The Morgan fingerprint density at radius 2 is 0.964 bits per heavy atom. The van der Waals surface area contributed by atoms with E-state index >= 15 is 0 Å². The monoisotopic (exact) mass is 382 g/mol. The Morgan fingerprint density at radius 1 is 0.643 bits per heavy atom. The number of rotatable bonds is 11. The van der Waals surface area contributed by atoms with Crippen LogP contribution in [0.5, 0.6) is 0 Å². The lowest BCUT2D eigenvalue weighted by Gasteiger charge is -2.25. The van der Waals surface area contributed by atoms with E-state index in [0.29, 0.717) is 24.3 Å². The van der Waals surface area contributed by atoms with Gasteiger partial charge in [0.05, 0.1) is 0 Å². The molecule has 0 saturated carbocycles. The summed E-state index contributed by atoms with van der Waals surface area (Å²) in [5, 5.41) is 0. The highest BCUT2D eigenvalue weighted by atomic mass is 16.5. The highest BCUT2D eigenvalue weighted by Crippen LogP contribution is 2.19. The summed E-state index contributed by atoms with van der Waals surface area (Å²) in [6.45, 7) is 8.09. The van der Waals surface area contributed by atoms with E-state index in [1.54, 1.807) is 52.0 Å². The van der Waals surface area contributed by atoms with E-state index in [4.69, 9.17) is 9.47 Å². The second kappa shape index (κ2) is 9.76. The Hall–Kier alpha value is -2.30. The third-order valence-electron chi connectivity index (χ3n) is 4.63. The molecule has 150 valence electrons. The quantitative estimate of drug-likeness (QED) is 0.400. The van der Waals surface area contributed by atoms with Gasteiger partial charge in [-0.25, -0.2) is 0 Å². The molecular weight excluding hydrogens is 352 g/mol. The summed E-state index contributed by atoms with van der Waals surface area (Å²) in [6.07, 6.45) is 1.50. The lowest BCUT2D eigenvalue weighted by molar-refractivity contribution is -0.0198. The molecule has 4 heteroatoms. The van der Waals surface area contributed by atoms with Crippen LogP contribution in [0.2, 0.25) is 0 Å². The van der Waals surface area contributed by atoms with Crippen LogP contribution in [0.25, 0.3) is 0 Å². The van der Waals surface area contributed by atoms with Gasteiger partial charge in [0.15, 0.2) is 11.6 Å². The number of hydrogen-bond acceptors (Lipinski definition) is 4. The number of unbranched alkanes of at least 4 members (excludes halogenated alkanes) is 1. The molecule has 0 aliphatic carbocycles. The smallest absolute Gasteiger partial charge is 0.194 e. The number of Topliss-reactive ketones (excluding diaryl/α,β-unsaturated/α-hetero) is 2. The van der Waals surface area contributed by atoms with Gasteiger partial charge in [0, 0.05) is 24.3 Å². The van der Waals surface area contributed by atoms with Gasteiger partial charge in [-0.15, -0.1) is 0 Å². The predicted octanol–water partition coefficient (Wildman–Crippen LogP) is 5.12. The van der Waals surface area contributed by atoms with Gasteiger partial charge >= 0.3 is 0 Å². The zero-order valence-corrected chi connectivity index (χ0v) is 17.2. The minimum atomic E-state index is -0.870. The maximum absolute atomic E-state index is 12.5. The van der Waals surface area contributed by atoms with Gasteiger partial charge in [-0.3, -0.25) is 9.59 Å². The van der Waals surface area contributed by atoms with Crippen LogP contribution in [-0.4, -0.2) is 36.0 Å². The highest BCUT2D eigenvalue weighted by molar-refractivity contribution is 6.02. The fraction of sp³-hybridized carbons (Fsp3) is 0.417. The van der Waals surface area contributed by atoms with E-state index < -0.39 is 11.2 Å². The maximum atomic E-state index is 12.5. The van der Waals surface area contributed by atoms with Crippen LogP contribution < -0.4 is 0 Å². The second-order valence-corrected chi connectivity index (χ2v) is 7.81. The normalized spacial score (nSPS) is 12.0. The van der Waals surface area contributed by atoms with Crippen molar-refractivity contribution in [2.75, 3.05) is 13.2 Å². The van der Waals surface area contributed by atoms with Gasteiger partial charge in [0.1, 0.15) is 11.2 Å². The van der Waals surface area contributed by atoms with E-state index in [-0.39, 0.29) is 11.6 Å². The van der Waals surface area contributed by atoms with Gasteiger partial charge in [0.2, 0.25) is 0 Å². The van der Waals surface area contributed by atoms with Crippen molar-refractivity contribution in [2.45, 2.75) is 51.7 Å². The number of ketones is 2. The number of ether oxygens (including phenoxy) is 2. The number of carbonyl (C=O) groups is 2. The van der Waals surface area contributed by atoms with Gasteiger partial charge in [-0.2, -0.15) is 0 Å². The first kappa shape index (κ1) is 22.0. The Labute approximate surface area is 167 Å². The highest BCUT2D eigenvalue weighted by Gasteiger charge is 2.30. The van der Waals surface area contributed by atoms with Crippen molar-refractivity contribution in [3.8, 4) is 0 Å². The Balaban J connectivity index is 1.72. The summed E-state index contributed by atoms with van der Waals surface area (Å²) in [7, 11) is 0. The molecule has 0 radical (unpaired) electrons. The average Bonchev–Trinajstić information content (AvgIpc) is 2.70. The molecule has 0 aromatic heterocycles. The first-order valence-corrected chi connectivity index (χ1v) is 9.72. The van der Waals surface area contributed by atoms with Crippen LogP contribution >= 0.6 is 0 Å². The first-order chi connectivity index (χ1) is 13.2. The van der Waals surface area contributed by atoms with Crippen LogP contribution in [0, 0.1) is 0 Å². The molecule has 0 fully saturated rings.